The molecule has 26 heavy (non-hydrogen) atoms. The Morgan fingerprint density at radius 1 is 1.31 bits per heavy atom. The Kier molecular flexibility index (Phi) is 7.65. The molecule has 0 saturated carbocycles. The molecule has 0 radical (unpaired) electrons. The van der Waals surface area contributed by atoms with Crippen LogP contribution in [0.3, 0.4) is 0 Å². The second kappa shape index (κ2) is 8.86. The first-order valence-electron chi connectivity index (χ1n) is 8.76. The van der Waals surface area contributed by atoms with E-state index in [1.807, 2.05) is 19.0 Å². The third kappa shape index (κ3) is 4.76. The van der Waals surface area contributed by atoms with Gasteiger partial charge in [0.2, 0.25) is 0 Å². The molecule has 1 amide bonds. The zero-order chi connectivity index (χ0) is 18.8. The summed E-state index contributed by atoms with van der Waals surface area (Å²) >= 11 is 0. The molecule has 1 aliphatic heterocycles. The first-order valence-corrected chi connectivity index (χ1v) is 8.76. The van der Waals surface area contributed by atoms with E-state index in [-0.39, 0.29) is 24.4 Å². The maximum atomic E-state index is 12.5. The van der Waals surface area contributed by atoms with Gasteiger partial charge in [-0.2, -0.15) is 0 Å². The van der Waals surface area contributed by atoms with Crippen LogP contribution in [0.15, 0.2) is 12.4 Å². The van der Waals surface area contributed by atoms with E-state index < -0.39 is 5.60 Å². The van der Waals surface area contributed by atoms with Crippen molar-refractivity contribution in [3.05, 3.63) is 12.4 Å². The SMILES string of the molecule is COC(C)(C)C(=O)N[C@H]1CN(c2nccnc2N(C)C)C[C@@H]1C(C)C.Cl. The monoisotopic (exact) mass is 385 g/mol. The lowest BCUT2D eigenvalue weighted by Gasteiger charge is -2.28. The van der Waals surface area contributed by atoms with Gasteiger partial charge < -0.3 is 19.9 Å². The lowest BCUT2D eigenvalue weighted by Crippen LogP contribution is -2.51. The molecule has 2 heterocycles. The lowest BCUT2D eigenvalue weighted by molar-refractivity contribution is -0.140. The molecule has 1 saturated heterocycles. The summed E-state index contributed by atoms with van der Waals surface area (Å²) in [6.45, 7) is 9.51. The summed E-state index contributed by atoms with van der Waals surface area (Å²) in [6, 6.07) is 0.0546. The van der Waals surface area contributed by atoms with Crippen LogP contribution in [0.5, 0.6) is 0 Å². The van der Waals surface area contributed by atoms with Crippen molar-refractivity contribution in [2.24, 2.45) is 11.8 Å². The number of nitrogens with zero attached hydrogens (tertiary/aromatic N) is 4. The predicted octanol–water partition coefficient (Wildman–Crippen LogP) is 1.97. The van der Waals surface area contributed by atoms with Gasteiger partial charge in [0.25, 0.3) is 5.91 Å². The summed E-state index contributed by atoms with van der Waals surface area (Å²) in [5.41, 5.74) is -0.837. The summed E-state index contributed by atoms with van der Waals surface area (Å²) < 4.78 is 5.31. The zero-order valence-corrected chi connectivity index (χ0v) is 17.6. The molecule has 1 N–H and O–H groups in total. The van der Waals surface area contributed by atoms with Gasteiger partial charge >= 0.3 is 0 Å². The maximum absolute atomic E-state index is 12.5. The minimum atomic E-state index is -0.837. The van der Waals surface area contributed by atoms with Crippen LogP contribution in [-0.4, -0.2) is 61.8 Å². The number of nitrogens with one attached hydrogen (secondary N) is 1. The molecule has 1 aromatic rings. The molecule has 1 fully saturated rings. The largest absolute Gasteiger partial charge is 0.369 e. The summed E-state index contributed by atoms with van der Waals surface area (Å²) in [6.07, 6.45) is 3.42. The molecule has 0 aromatic carbocycles. The van der Waals surface area contributed by atoms with Gasteiger partial charge in [0.15, 0.2) is 11.6 Å². The number of rotatable bonds is 6. The zero-order valence-electron chi connectivity index (χ0n) is 16.8. The Morgan fingerprint density at radius 3 is 2.46 bits per heavy atom. The third-order valence-electron chi connectivity index (χ3n) is 4.98. The van der Waals surface area contributed by atoms with Crippen LogP contribution < -0.4 is 15.1 Å². The Labute approximate surface area is 162 Å². The second-order valence-corrected chi connectivity index (χ2v) is 7.71. The van der Waals surface area contributed by atoms with E-state index in [1.165, 1.54) is 0 Å². The standard InChI is InChI=1S/C18H31N5O2.ClH/c1-12(2)13-10-23(16-15(22(5)6)19-8-9-20-16)11-14(13)21-17(24)18(3,4)25-7;/h8-9,12-14H,10-11H2,1-7H3,(H,21,24);1H/t13-,14+;/m1./s1. The molecule has 0 aliphatic carbocycles. The van der Waals surface area contributed by atoms with Crippen LogP contribution in [0.2, 0.25) is 0 Å². The van der Waals surface area contributed by atoms with Crippen LogP contribution in [0, 0.1) is 11.8 Å². The van der Waals surface area contributed by atoms with Crippen molar-refractivity contribution in [1.29, 1.82) is 0 Å². The normalized spacial score (nSPS) is 20.1. The number of halogens is 1. The molecular formula is C18H32ClN5O2. The molecule has 7 nitrogen and oxygen atoms in total. The van der Waals surface area contributed by atoms with Crippen molar-refractivity contribution in [1.82, 2.24) is 15.3 Å². The highest BCUT2D eigenvalue weighted by Crippen LogP contribution is 2.31. The molecule has 0 spiro atoms. The van der Waals surface area contributed by atoms with E-state index in [2.05, 4.69) is 34.0 Å². The molecule has 148 valence electrons. The molecule has 1 aromatic heterocycles. The van der Waals surface area contributed by atoms with Crippen LogP contribution >= 0.6 is 12.4 Å². The van der Waals surface area contributed by atoms with Crippen LogP contribution in [0.1, 0.15) is 27.7 Å². The number of hydrogen-bond acceptors (Lipinski definition) is 6. The molecule has 0 bridgehead atoms. The van der Waals surface area contributed by atoms with Crippen LogP contribution in [0.4, 0.5) is 11.6 Å². The van der Waals surface area contributed by atoms with Gasteiger partial charge in [0.05, 0.1) is 6.04 Å². The Bertz CT molecular complexity index is 609. The van der Waals surface area contributed by atoms with E-state index in [0.29, 0.717) is 18.4 Å². The first-order chi connectivity index (χ1) is 11.7. The number of hydrogen-bond donors (Lipinski definition) is 1. The maximum Gasteiger partial charge on any atom is 0.251 e. The van der Waals surface area contributed by atoms with Gasteiger partial charge in [0.1, 0.15) is 5.60 Å². The molecular weight excluding hydrogens is 354 g/mol. The quantitative estimate of drug-likeness (QED) is 0.807. The van der Waals surface area contributed by atoms with Gasteiger partial charge in [-0.25, -0.2) is 9.97 Å². The van der Waals surface area contributed by atoms with Gasteiger partial charge in [-0.15, -0.1) is 12.4 Å². The van der Waals surface area contributed by atoms with Gasteiger partial charge in [-0.1, -0.05) is 13.8 Å². The number of aromatic nitrogens is 2. The smallest absolute Gasteiger partial charge is 0.251 e. The summed E-state index contributed by atoms with van der Waals surface area (Å²) in [5.74, 6) is 2.41. The van der Waals surface area contributed by atoms with Gasteiger partial charge in [-0.3, -0.25) is 4.79 Å². The number of carbonyl (C=O) groups excluding carboxylic acids is 1. The van der Waals surface area contributed by atoms with Crippen molar-refractivity contribution >= 4 is 29.9 Å². The van der Waals surface area contributed by atoms with Crippen LogP contribution in [0.25, 0.3) is 0 Å². The van der Waals surface area contributed by atoms with Crippen molar-refractivity contribution in [3.8, 4) is 0 Å². The Hall–Kier alpha value is -1.60. The average Bonchev–Trinajstić information content (AvgIpc) is 2.98. The first kappa shape index (κ1) is 22.4. The number of anilines is 2. The fourth-order valence-electron chi connectivity index (χ4n) is 3.13. The lowest BCUT2D eigenvalue weighted by atomic mass is 9.91. The summed E-state index contributed by atoms with van der Waals surface area (Å²) in [5, 5.41) is 3.18. The molecule has 2 rings (SSSR count). The number of methoxy groups -OCH3 is 1. The number of amides is 1. The highest BCUT2D eigenvalue weighted by molar-refractivity contribution is 5.85. The fourth-order valence-corrected chi connectivity index (χ4v) is 3.13. The molecule has 1 aliphatic rings. The van der Waals surface area contributed by atoms with E-state index in [4.69, 9.17) is 4.74 Å². The highest BCUT2D eigenvalue weighted by atomic mass is 35.5. The van der Waals surface area contributed by atoms with Gasteiger partial charge in [0, 0.05) is 52.6 Å². The summed E-state index contributed by atoms with van der Waals surface area (Å²) in [4.78, 5) is 25.7. The van der Waals surface area contributed by atoms with Crippen molar-refractivity contribution in [2.75, 3.05) is 44.1 Å². The van der Waals surface area contributed by atoms with Gasteiger partial charge in [-0.05, 0) is 19.8 Å². The van der Waals surface area contributed by atoms with E-state index in [1.54, 1.807) is 33.4 Å². The van der Waals surface area contributed by atoms with Crippen molar-refractivity contribution in [2.45, 2.75) is 39.3 Å². The number of ether oxygens (including phenoxy) is 1. The highest BCUT2D eigenvalue weighted by Gasteiger charge is 2.39. The fraction of sp³-hybridized carbons (Fsp3) is 0.722. The van der Waals surface area contributed by atoms with Crippen LogP contribution in [-0.2, 0) is 9.53 Å². The second-order valence-electron chi connectivity index (χ2n) is 7.71. The van der Waals surface area contributed by atoms with E-state index >= 15 is 0 Å². The predicted molar refractivity (Wildman–Crippen MR) is 107 cm³/mol. The Morgan fingerprint density at radius 2 is 1.92 bits per heavy atom. The Balaban J connectivity index is 0.00000338. The molecule has 0 unspecified atom stereocenters. The minimum Gasteiger partial charge on any atom is -0.369 e. The molecule has 2 atom stereocenters. The third-order valence-corrected chi connectivity index (χ3v) is 4.98. The minimum absolute atomic E-state index is 0. The topological polar surface area (TPSA) is 70.6 Å². The van der Waals surface area contributed by atoms with E-state index in [0.717, 1.165) is 18.2 Å². The average molecular weight is 386 g/mol. The van der Waals surface area contributed by atoms with E-state index in [9.17, 15) is 4.79 Å². The number of carbonyl (C=O) groups is 1. The summed E-state index contributed by atoms with van der Waals surface area (Å²) in [7, 11) is 5.48. The van der Waals surface area contributed by atoms with Crippen molar-refractivity contribution < 1.29 is 9.53 Å². The van der Waals surface area contributed by atoms with Crippen molar-refractivity contribution in [3.63, 3.8) is 0 Å². The molecule has 8 heteroatoms.